The van der Waals surface area contributed by atoms with E-state index in [0.717, 1.165) is 6.01 Å². The highest BCUT2D eigenvalue weighted by Crippen LogP contribution is 2.48. The zero-order chi connectivity index (χ0) is 17.8. The highest BCUT2D eigenvalue weighted by Gasteiger charge is 2.49. The van der Waals surface area contributed by atoms with Gasteiger partial charge in [0.2, 0.25) is 0 Å². The number of anilines is 3. The maximum absolute atomic E-state index is 5.81. The Morgan fingerprint density at radius 1 is 1.08 bits per heavy atom. The van der Waals surface area contributed by atoms with E-state index in [0.29, 0.717) is 0 Å². The number of nitrogens with zero attached hydrogens (tertiary/aromatic N) is 4. The number of oxazole rings is 1. The van der Waals surface area contributed by atoms with E-state index < -0.39 is 0 Å². The molecule has 1 aliphatic heterocycles. The van der Waals surface area contributed by atoms with Crippen molar-refractivity contribution in [3.05, 3.63) is 60.7 Å². The van der Waals surface area contributed by atoms with Crippen LogP contribution in [-0.4, -0.2) is 10.7 Å². The van der Waals surface area contributed by atoms with Gasteiger partial charge in [-0.05, 0) is 45.0 Å². The van der Waals surface area contributed by atoms with E-state index >= 15 is 0 Å². The van der Waals surface area contributed by atoms with Gasteiger partial charge in [-0.2, -0.15) is 4.90 Å². The Morgan fingerprint density at radius 2 is 1.80 bits per heavy atom. The summed E-state index contributed by atoms with van der Waals surface area (Å²) in [6.45, 7) is 6.79. The van der Waals surface area contributed by atoms with Crippen LogP contribution in [0.1, 0.15) is 26.5 Å². The normalized spacial score (nSPS) is 17.2. The van der Waals surface area contributed by atoms with Crippen molar-refractivity contribution in [2.24, 2.45) is 14.1 Å². The molecule has 5 heteroatoms. The van der Waals surface area contributed by atoms with E-state index in [9.17, 15) is 0 Å². The Hall–Kier alpha value is -2.69. The summed E-state index contributed by atoms with van der Waals surface area (Å²) in [5.74, 6) is 0. The predicted molar refractivity (Wildman–Crippen MR) is 98.8 cm³/mol. The Bertz CT molecular complexity index is 908. The minimum absolute atomic E-state index is 0.125. The minimum atomic E-state index is -0.173. The second kappa shape index (κ2) is 5.41. The average Bonchev–Trinajstić information content (AvgIpc) is 3.24. The van der Waals surface area contributed by atoms with E-state index in [1.54, 1.807) is 6.26 Å². The molecule has 5 nitrogen and oxygen atoms in total. The Balaban J connectivity index is 1.88. The summed E-state index contributed by atoms with van der Waals surface area (Å²) in [4.78, 5) is 4.74. The van der Waals surface area contributed by atoms with Crippen LogP contribution in [0.4, 0.5) is 17.4 Å². The summed E-state index contributed by atoms with van der Waals surface area (Å²) in [5, 5.41) is 0. The van der Waals surface area contributed by atoms with Crippen molar-refractivity contribution in [2.45, 2.75) is 32.5 Å². The molecular formula is C20H25N4O+. The molecule has 0 unspecified atom stereocenters. The third kappa shape index (κ3) is 2.18. The minimum Gasteiger partial charge on any atom is -0.396 e. The second-order valence-corrected chi connectivity index (χ2v) is 7.22. The van der Waals surface area contributed by atoms with Gasteiger partial charge in [-0.25, -0.2) is 4.57 Å². The van der Waals surface area contributed by atoms with Crippen LogP contribution in [0.2, 0.25) is 0 Å². The molecule has 0 fully saturated rings. The molecule has 1 aromatic carbocycles. The fourth-order valence-corrected chi connectivity index (χ4v) is 4.20. The first-order valence-electron chi connectivity index (χ1n) is 8.65. The van der Waals surface area contributed by atoms with Gasteiger partial charge in [0.1, 0.15) is 12.5 Å². The molecule has 1 atom stereocenters. The van der Waals surface area contributed by atoms with Gasteiger partial charge in [0, 0.05) is 18.9 Å². The molecule has 25 heavy (non-hydrogen) atoms. The lowest BCUT2D eigenvalue weighted by atomic mass is 9.96. The molecule has 130 valence electrons. The van der Waals surface area contributed by atoms with Gasteiger partial charge >= 0.3 is 6.01 Å². The highest BCUT2D eigenvalue weighted by atomic mass is 16.4. The Kier molecular flexibility index (Phi) is 3.42. The highest BCUT2D eigenvalue weighted by molar-refractivity contribution is 5.81. The Morgan fingerprint density at radius 3 is 2.40 bits per heavy atom. The number of para-hydroxylation sites is 2. The van der Waals surface area contributed by atoms with Crippen LogP contribution in [-0.2, 0) is 19.6 Å². The maximum atomic E-state index is 5.81. The van der Waals surface area contributed by atoms with Crippen LogP contribution in [0.3, 0.4) is 0 Å². The van der Waals surface area contributed by atoms with Crippen LogP contribution in [0.15, 0.2) is 59.5 Å². The van der Waals surface area contributed by atoms with Crippen LogP contribution >= 0.6 is 0 Å². The van der Waals surface area contributed by atoms with Crippen LogP contribution < -0.4 is 14.4 Å². The number of hydrogen-bond donors (Lipinski definition) is 0. The van der Waals surface area contributed by atoms with E-state index in [1.165, 1.54) is 17.1 Å². The van der Waals surface area contributed by atoms with E-state index in [2.05, 4.69) is 84.8 Å². The van der Waals surface area contributed by atoms with E-state index in [1.807, 2.05) is 17.8 Å². The van der Waals surface area contributed by atoms with Crippen LogP contribution in [0.25, 0.3) is 0 Å². The molecule has 3 aromatic rings. The van der Waals surface area contributed by atoms with Crippen molar-refractivity contribution in [3.8, 4) is 0 Å². The van der Waals surface area contributed by atoms with Crippen LogP contribution in [0, 0.1) is 0 Å². The zero-order valence-corrected chi connectivity index (χ0v) is 15.5. The quantitative estimate of drug-likeness (QED) is 0.683. The fourth-order valence-electron chi connectivity index (χ4n) is 4.20. The van der Waals surface area contributed by atoms with E-state index in [-0.39, 0.29) is 11.7 Å². The summed E-state index contributed by atoms with van der Waals surface area (Å²) in [6, 6.07) is 13.7. The molecule has 1 aliphatic rings. The molecule has 0 radical (unpaired) electrons. The number of fused-ring (bicyclic) bond motifs is 1. The lowest BCUT2D eigenvalue weighted by Crippen LogP contribution is -2.51. The molecule has 0 saturated carbocycles. The van der Waals surface area contributed by atoms with Crippen molar-refractivity contribution in [2.75, 3.05) is 9.80 Å². The van der Waals surface area contributed by atoms with Crippen molar-refractivity contribution in [3.63, 3.8) is 0 Å². The van der Waals surface area contributed by atoms with Gasteiger partial charge in [0.15, 0.2) is 11.9 Å². The monoisotopic (exact) mass is 337 g/mol. The van der Waals surface area contributed by atoms with Crippen LogP contribution in [0.5, 0.6) is 0 Å². The molecular weight excluding hydrogens is 312 g/mol. The lowest BCUT2D eigenvalue weighted by Gasteiger charge is -2.39. The summed E-state index contributed by atoms with van der Waals surface area (Å²) in [5.41, 5.74) is 3.49. The lowest BCUT2D eigenvalue weighted by molar-refractivity contribution is -0.660. The summed E-state index contributed by atoms with van der Waals surface area (Å²) < 4.78 is 10.0. The summed E-state index contributed by atoms with van der Waals surface area (Å²) >= 11 is 0. The van der Waals surface area contributed by atoms with Gasteiger partial charge in [-0.3, -0.25) is 0 Å². The molecule has 0 spiro atoms. The molecule has 4 rings (SSSR count). The first-order valence-corrected chi connectivity index (χ1v) is 8.65. The first-order chi connectivity index (χ1) is 11.9. The number of aryl methyl sites for hydroxylation is 2. The molecule has 0 bridgehead atoms. The topological polar surface area (TPSA) is 28.4 Å². The Labute approximate surface area is 148 Å². The third-order valence-electron chi connectivity index (χ3n) is 5.29. The van der Waals surface area contributed by atoms with Crippen molar-refractivity contribution in [1.29, 1.82) is 0 Å². The third-order valence-corrected chi connectivity index (χ3v) is 5.29. The maximum Gasteiger partial charge on any atom is 0.463 e. The number of benzene rings is 1. The van der Waals surface area contributed by atoms with Gasteiger partial charge in [0.25, 0.3) is 0 Å². The van der Waals surface area contributed by atoms with Gasteiger partial charge in [-0.15, -0.1) is 0 Å². The van der Waals surface area contributed by atoms with Gasteiger partial charge in [-0.1, -0.05) is 12.1 Å². The molecule has 0 N–H and O–H groups in total. The van der Waals surface area contributed by atoms with Crippen molar-refractivity contribution in [1.82, 2.24) is 4.57 Å². The molecule has 0 amide bonds. The predicted octanol–water partition coefficient (Wildman–Crippen LogP) is 3.68. The zero-order valence-electron chi connectivity index (χ0n) is 15.5. The molecule has 0 aliphatic carbocycles. The second-order valence-electron chi connectivity index (χ2n) is 7.22. The van der Waals surface area contributed by atoms with Gasteiger partial charge in [0.05, 0.1) is 18.3 Å². The number of hydrogen-bond acceptors (Lipinski definition) is 3. The van der Waals surface area contributed by atoms with Crippen molar-refractivity contribution >= 4 is 17.4 Å². The fraction of sp³-hybridized carbons (Fsp3) is 0.350. The average molecular weight is 337 g/mol. The molecule has 2 aromatic heterocycles. The van der Waals surface area contributed by atoms with Gasteiger partial charge < -0.3 is 13.9 Å². The smallest absolute Gasteiger partial charge is 0.396 e. The molecule has 3 heterocycles. The summed E-state index contributed by atoms with van der Waals surface area (Å²) in [6.07, 6.45) is 5.90. The SMILES string of the molecule is C[C@@H]1N(c2occ[n+]2C)c2ccccc2N1C(C)(C)c1cccn1C. The standard InChI is InChI=1S/C20H25N4O/c1-15-23(19-22(5)13-14-25-19)16-9-6-7-10-17(16)24(15)20(2,3)18-11-8-12-21(18)4/h6-15H,1-5H3/q+1/t15-/m1/s1. The number of rotatable bonds is 3. The first kappa shape index (κ1) is 15.8. The van der Waals surface area contributed by atoms with Crippen molar-refractivity contribution < 1.29 is 8.98 Å². The largest absolute Gasteiger partial charge is 0.463 e. The summed E-state index contributed by atoms with van der Waals surface area (Å²) in [7, 11) is 4.12. The number of aromatic nitrogens is 2. The van der Waals surface area contributed by atoms with E-state index in [4.69, 9.17) is 4.42 Å². The molecule has 0 saturated heterocycles.